The van der Waals surface area contributed by atoms with E-state index in [1.165, 1.54) is 0 Å². The van der Waals surface area contributed by atoms with E-state index in [2.05, 4.69) is 13.5 Å². The van der Waals surface area contributed by atoms with Crippen LogP contribution in [0.4, 0.5) is 0 Å². The van der Waals surface area contributed by atoms with Gasteiger partial charge in [0.1, 0.15) is 5.60 Å². The molecule has 1 aliphatic rings. The zero-order valence-corrected chi connectivity index (χ0v) is 11.3. The molecule has 1 saturated carbocycles. The lowest BCUT2D eigenvalue weighted by Gasteiger charge is -2.29. The van der Waals surface area contributed by atoms with E-state index in [0.717, 1.165) is 38.5 Å². The van der Waals surface area contributed by atoms with Crippen LogP contribution < -0.4 is 0 Å². The van der Waals surface area contributed by atoms with Gasteiger partial charge in [0.15, 0.2) is 0 Å². The van der Waals surface area contributed by atoms with E-state index in [1.807, 2.05) is 0 Å². The Kier molecular flexibility index (Phi) is 5.19. The molecule has 17 heavy (non-hydrogen) atoms. The number of ether oxygens (including phenoxy) is 2. The zero-order valence-electron chi connectivity index (χ0n) is 11.3. The van der Waals surface area contributed by atoms with E-state index >= 15 is 0 Å². The van der Waals surface area contributed by atoms with Crippen molar-refractivity contribution >= 4 is 5.97 Å². The first-order valence-electron chi connectivity index (χ1n) is 6.44. The molecule has 0 aromatic carbocycles. The SMILES string of the molecule is C=C(C)C(=O)OC1(CCCC)CCC(OC)C1. The summed E-state index contributed by atoms with van der Waals surface area (Å²) in [4.78, 5) is 11.7. The van der Waals surface area contributed by atoms with Crippen LogP contribution in [0.1, 0.15) is 52.4 Å². The van der Waals surface area contributed by atoms with Crippen LogP contribution in [0.25, 0.3) is 0 Å². The van der Waals surface area contributed by atoms with Gasteiger partial charge in [-0.1, -0.05) is 19.9 Å². The van der Waals surface area contributed by atoms with Crippen molar-refractivity contribution in [3.05, 3.63) is 12.2 Å². The maximum atomic E-state index is 11.7. The molecule has 1 rings (SSSR count). The average Bonchev–Trinajstić information content (AvgIpc) is 2.70. The standard InChI is InChI=1S/C14H24O3/c1-5-6-8-14(17-13(15)11(2)3)9-7-12(10-14)16-4/h12H,2,5-10H2,1,3-4H3. The Morgan fingerprint density at radius 1 is 1.53 bits per heavy atom. The maximum absolute atomic E-state index is 11.7. The van der Waals surface area contributed by atoms with Crippen LogP contribution in [0.15, 0.2) is 12.2 Å². The fourth-order valence-corrected chi connectivity index (χ4v) is 2.40. The molecule has 3 nitrogen and oxygen atoms in total. The van der Waals surface area contributed by atoms with Crippen LogP contribution in [0.5, 0.6) is 0 Å². The predicted octanol–water partition coefficient (Wildman–Crippen LogP) is 3.23. The predicted molar refractivity (Wildman–Crippen MR) is 67.8 cm³/mol. The highest BCUT2D eigenvalue weighted by atomic mass is 16.6. The molecule has 98 valence electrons. The van der Waals surface area contributed by atoms with Gasteiger partial charge < -0.3 is 9.47 Å². The van der Waals surface area contributed by atoms with Crippen molar-refractivity contribution in [1.29, 1.82) is 0 Å². The Bertz CT molecular complexity index is 285. The number of rotatable bonds is 6. The lowest BCUT2D eigenvalue weighted by Crippen LogP contribution is -2.33. The molecule has 0 aromatic rings. The van der Waals surface area contributed by atoms with Gasteiger partial charge in [0, 0.05) is 19.1 Å². The van der Waals surface area contributed by atoms with Gasteiger partial charge in [0.05, 0.1) is 6.10 Å². The number of methoxy groups -OCH3 is 1. The Morgan fingerprint density at radius 2 is 2.24 bits per heavy atom. The summed E-state index contributed by atoms with van der Waals surface area (Å²) in [7, 11) is 1.72. The van der Waals surface area contributed by atoms with Gasteiger partial charge in [0.2, 0.25) is 0 Å². The van der Waals surface area contributed by atoms with Crippen molar-refractivity contribution in [2.45, 2.75) is 64.1 Å². The topological polar surface area (TPSA) is 35.5 Å². The number of unbranched alkanes of at least 4 members (excludes halogenated alkanes) is 1. The fourth-order valence-electron chi connectivity index (χ4n) is 2.40. The Morgan fingerprint density at radius 3 is 2.71 bits per heavy atom. The molecule has 1 aliphatic carbocycles. The third kappa shape index (κ3) is 3.84. The highest BCUT2D eigenvalue weighted by Crippen LogP contribution is 2.39. The van der Waals surface area contributed by atoms with Gasteiger partial charge >= 0.3 is 5.97 Å². The Balaban J connectivity index is 2.66. The minimum Gasteiger partial charge on any atom is -0.456 e. The van der Waals surface area contributed by atoms with Crippen LogP contribution in [-0.4, -0.2) is 24.8 Å². The summed E-state index contributed by atoms with van der Waals surface area (Å²) in [6, 6.07) is 0. The summed E-state index contributed by atoms with van der Waals surface area (Å²) in [5.74, 6) is -0.266. The molecule has 0 spiro atoms. The van der Waals surface area contributed by atoms with Gasteiger partial charge in [-0.3, -0.25) is 0 Å². The molecule has 3 heteroatoms. The monoisotopic (exact) mass is 240 g/mol. The highest BCUT2D eigenvalue weighted by Gasteiger charge is 2.42. The van der Waals surface area contributed by atoms with Crippen molar-refractivity contribution in [3.8, 4) is 0 Å². The summed E-state index contributed by atoms with van der Waals surface area (Å²) in [6.45, 7) is 7.48. The minimum absolute atomic E-state index is 0.227. The van der Waals surface area contributed by atoms with Gasteiger partial charge in [-0.15, -0.1) is 0 Å². The molecule has 0 N–H and O–H groups in total. The van der Waals surface area contributed by atoms with Crippen LogP contribution in [-0.2, 0) is 14.3 Å². The Hall–Kier alpha value is -0.830. The summed E-state index contributed by atoms with van der Waals surface area (Å²) in [6.07, 6.45) is 6.06. The number of carbonyl (C=O) groups is 1. The third-order valence-corrected chi connectivity index (χ3v) is 3.50. The van der Waals surface area contributed by atoms with Crippen molar-refractivity contribution < 1.29 is 14.3 Å². The molecule has 0 saturated heterocycles. The van der Waals surface area contributed by atoms with E-state index in [9.17, 15) is 4.79 Å². The van der Waals surface area contributed by atoms with Crippen LogP contribution in [0.3, 0.4) is 0 Å². The molecule has 0 amide bonds. The van der Waals surface area contributed by atoms with Gasteiger partial charge in [0.25, 0.3) is 0 Å². The lowest BCUT2D eigenvalue weighted by molar-refractivity contribution is -0.156. The van der Waals surface area contributed by atoms with Crippen LogP contribution in [0, 0.1) is 0 Å². The minimum atomic E-state index is -0.313. The van der Waals surface area contributed by atoms with E-state index in [4.69, 9.17) is 9.47 Å². The molecule has 0 bridgehead atoms. The number of carbonyl (C=O) groups excluding carboxylic acids is 1. The molecular formula is C14H24O3. The molecule has 2 atom stereocenters. The summed E-state index contributed by atoms with van der Waals surface area (Å²) >= 11 is 0. The van der Waals surface area contributed by atoms with Gasteiger partial charge in [-0.2, -0.15) is 0 Å². The normalized spacial score (nSPS) is 28.1. The largest absolute Gasteiger partial charge is 0.456 e. The molecule has 0 aromatic heterocycles. The second-order valence-corrected chi connectivity index (χ2v) is 5.06. The van der Waals surface area contributed by atoms with Gasteiger partial charge in [-0.05, 0) is 32.6 Å². The molecule has 0 heterocycles. The van der Waals surface area contributed by atoms with Crippen LogP contribution >= 0.6 is 0 Å². The summed E-state index contributed by atoms with van der Waals surface area (Å²) in [5, 5.41) is 0. The number of hydrogen-bond acceptors (Lipinski definition) is 3. The van der Waals surface area contributed by atoms with E-state index in [1.54, 1.807) is 14.0 Å². The number of hydrogen-bond donors (Lipinski definition) is 0. The first-order chi connectivity index (χ1) is 8.03. The number of esters is 1. The maximum Gasteiger partial charge on any atom is 0.333 e. The van der Waals surface area contributed by atoms with Crippen molar-refractivity contribution in [2.24, 2.45) is 0 Å². The first kappa shape index (κ1) is 14.2. The van der Waals surface area contributed by atoms with Gasteiger partial charge in [-0.25, -0.2) is 4.79 Å². The van der Waals surface area contributed by atoms with Crippen molar-refractivity contribution in [2.75, 3.05) is 7.11 Å². The molecular weight excluding hydrogens is 216 g/mol. The lowest BCUT2D eigenvalue weighted by atomic mass is 9.94. The third-order valence-electron chi connectivity index (χ3n) is 3.50. The quantitative estimate of drug-likeness (QED) is 0.528. The molecule has 2 unspecified atom stereocenters. The second kappa shape index (κ2) is 6.20. The first-order valence-corrected chi connectivity index (χ1v) is 6.44. The van der Waals surface area contributed by atoms with Crippen molar-refractivity contribution in [3.63, 3.8) is 0 Å². The smallest absolute Gasteiger partial charge is 0.333 e. The summed E-state index contributed by atoms with van der Waals surface area (Å²) < 4.78 is 11.1. The Labute approximate surface area is 104 Å². The molecule has 0 radical (unpaired) electrons. The van der Waals surface area contributed by atoms with Crippen molar-refractivity contribution in [1.82, 2.24) is 0 Å². The fraction of sp³-hybridized carbons (Fsp3) is 0.786. The van der Waals surface area contributed by atoms with E-state index < -0.39 is 0 Å². The zero-order chi connectivity index (χ0) is 12.9. The second-order valence-electron chi connectivity index (χ2n) is 5.06. The highest BCUT2D eigenvalue weighted by molar-refractivity contribution is 5.87. The molecule has 1 fully saturated rings. The molecule has 0 aliphatic heterocycles. The summed E-state index contributed by atoms with van der Waals surface area (Å²) in [5.41, 5.74) is 0.161. The van der Waals surface area contributed by atoms with E-state index in [-0.39, 0.29) is 17.7 Å². The average molecular weight is 240 g/mol. The van der Waals surface area contributed by atoms with Crippen LogP contribution in [0.2, 0.25) is 0 Å². The van der Waals surface area contributed by atoms with E-state index in [0.29, 0.717) is 5.57 Å².